The first-order valence-corrected chi connectivity index (χ1v) is 12.7. The molecule has 0 spiro atoms. The molecule has 0 heterocycles. The topological polar surface area (TPSA) is 125 Å². The molecule has 0 radical (unpaired) electrons. The van der Waals surface area contributed by atoms with E-state index < -0.39 is 34.4 Å². The van der Waals surface area contributed by atoms with Crippen molar-refractivity contribution in [3.63, 3.8) is 0 Å². The van der Waals surface area contributed by atoms with E-state index in [0.29, 0.717) is 5.56 Å². The van der Waals surface area contributed by atoms with Crippen molar-refractivity contribution in [2.24, 2.45) is 0 Å². The van der Waals surface area contributed by atoms with Crippen LogP contribution in [-0.4, -0.2) is 38.0 Å². The van der Waals surface area contributed by atoms with E-state index >= 15 is 0 Å². The standard InChI is InChI=1S/C28H23N3O5S/c32-27(23-14-12-21(13-15-23)11-10-20-6-2-1-3-7-20)30-26(28(33)31-34)19-29-37(35,36)25-17-16-22-8-4-5-9-24(22)18-25/h1-9,12-18,26,29,34H,19H2,(H,30,32)(H,31,33). The summed E-state index contributed by atoms with van der Waals surface area (Å²) >= 11 is 0. The molecule has 4 N–H and O–H groups in total. The fraction of sp³-hybridized carbons (Fsp3) is 0.0714. The number of nitrogens with one attached hydrogen (secondary N) is 3. The normalized spacial score (nSPS) is 11.7. The van der Waals surface area contributed by atoms with Gasteiger partial charge < -0.3 is 5.32 Å². The average molecular weight is 514 g/mol. The minimum Gasteiger partial charge on any atom is -0.339 e. The van der Waals surface area contributed by atoms with Crippen LogP contribution in [0.1, 0.15) is 21.5 Å². The van der Waals surface area contributed by atoms with Crippen LogP contribution in [0.3, 0.4) is 0 Å². The molecule has 37 heavy (non-hydrogen) atoms. The van der Waals surface area contributed by atoms with Gasteiger partial charge in [-0.1, -0.05) is 60.4 Å². The number of benzene rings is 4. The van der Waals surface area contributed by atoms with E-state index in [1.807, 2.05) is 42.5 Å². The second-order valence-electron chi connectivity index (χ2n) is 8.06. The molecule has 8 nitrogen and oxygen atoms in total. The molecule has 4 aromatic carbocycles. The molecule has 1 unspecified atom stereocenters. The third kappa shape index (κ3) is 6.59. The minimum absolute atomic E-state index is 0.00730. The zero-order chi connectivity index (χ0) is 26.3. The second-order valence-corrected chi connectivity index (χ2v) is 9.82. The highest BCUT2D eigenvalue weighted by Gasteiger charge is 2.24. The zero-order valence-corrected chi connectivity index (χ0v) is 20.3. The fourth-order valence-electron chi connectivity index (χ4n) is 3.51. The van der Waals surface area contributed by atoms with Crippen molar-refractivity contribution in [3.05, 3.63) is 114 Å². The van der Waals surface area contributed by atoms with Crippen LogP contribution in [0, 0.1) is 11.8 Å². The van der Waals surface area contributed by atoms with Gasteiger partial charge in [-0.3, -0.25) is 14.8 Å². The van der Waals surface area contributed by atoms with E-state index in [9.17, 15) is 18.0 Å². The van der Waals surface area contributed by atoms with Crippen LogP contribution in [0.5, 0.6) is 0 Å². The molecule has 0 aliphatic heterocycles. The Morgan fingerprint density at radius 3 is 2.08 bits per heavy atom. The van der Waals surface area contributed by atoms with Crippen molar-refractivity contribution in [3.8, 4) is 11.8 Å². The molecule has 0 aromatic heterocycles. The lowest BCUT2D eigenvalue weighted by atomic mass is 10.1. The molecule has 0 aliphatic carbocycles. The molecule has 0 fully saturated rings. The van der Waals surface area contributed by atoms with Gasteiger partial charge in [-0.05, 0) is 59.3 Å². The lowest BCUT2D eigenvalue weighted by molar-refractivity contribution is -0.131. The Morgan fingerprint density at radius 2 is 1.41 bits per heavy atom. The molecule has 0 aliphatic rings. The van der Waals surface area contributed by atoms with Gasteiger partial charge in [-0.15, -0.1) is 0 Å². The van der Waals surface area contributed by atoms with Crippen molar-refractivity contribution >= 4 is 32.6 Å². The predicted octanol–water partition coefficient (Wildman–Crippen LogP) is 2.82. The Morgan fingerprint density at radius 1 is 0.784 bits per heavy atom. The highest BCUT2D eigenvalue weighted by atomic mass is 32.2. The molecule has 9 heteroatoms. The first-order chi connectivity index (χ1) is 17.9. The summed E-state index contributed by atoms with van der Waals surface area (Å²) in [5.74, 6) is 4.43. The maximum atomic E-state index is 12.8. The molecule has 4 aromatic rings. The number of hydrogen-bond acceptors (Lipinski definition) is 5. The number of carbonyl (C=O) groups excluding carboxylic acids is 2. The Hall–Kier alpha value is -4.49. The van der Waals surface area contributed by atoms with Crippen LogP contribution in [0.25, 0.3) is 10.8 Å². The van der Waals surface area contributed by atoms with Crippen LogP contribution >= 0.6 is 0 Å². The van der Waals surface area contributed by atoms with Crippen molar-refractivity contribution in [1.29, 1.82) is 0 Å². The third-order valence-electron chi connectivity index (χ3n) is 5.51. The average Bonchev–Trinajstić information content (AvgIpc) is 2.94. The minimum atomic E-state index is -4.00. The lowest BCUT2D eigenvalue weighted by Crippen LogP contribution is -2.52. The van der Waals surface area contributed by atoms with E-state index in [1.54, 1.807) is 30.3 Å². The number of rotatable bonds is 7. The van der Waals surface area contributed by atoms with Gasteiger partial charge in [0.15, 0.2) is 0 Å². The quantitative estimate of drug-likeness (QED) is 0.172. The van der Waals surface area contributed by atoms with Gasteiger partial charge in [0.1, 0.15) is 6.04 Å². The number of carbonyl (C=O) groups is 2. The van der Waals surface area contributed by atoms with Gasteiger partial charge in [0.2, 0.25) is 10.0 Å². The SMILES string of the molecule is O=C(NC(CNS(=O)(=O)c1ccc2ccccc2c1)C(=O)NO)c1ccc(C#Cc2ccccc2)cc1. The largest absolute Gasteiger partial charge is 0.339 e. The van der Waals surface area contributed by atoms with Crippen molar-refractivity contribution in [2.75, 3.05) is 6.54 Å². The lowest BCUT2D eigenvalue weighted by Gasteiger charge is -2.18. The summed E-state index contributed by atoms with van der Waals surface area (Å²) in [6, 6.07) is 26.4. The summed E-state index contributed by atoms with van der Waals surface area (Å²) < 4.78 is 28.0. The number of amides is 2. The van der Waals surface area contributed by atoms with Gasteiger partial charge in [-0.2, -0.15) is 0 Å². The predicted molar refractivity (Wildman–Crippen MR) is 139 cm³/mol. The van der Waals surface area contributed by atoms with Crippen molar-refractivity contribution in [1.82, 2.24) is 15.5 Å². The van der Waals surface area contributed by atoms with Gasteiger partial charge in [-0.25, -0.2) is 18.6 Å². The molecule has 2 amide bonds. The Kier molecular flexibility index (Phi) is 7.95. The van der Waals surface area contributed by atoms with E-state index in [2.05, 4.69) is 21.9 Å². The molecule has 186 valence electrons. The summed E-state index contributed by atoms with van der Waals surface area (Å²) in [6.45, 7) is -0.478. The number of hydroxylamine groups is 1. The number of fused-ring (bicyclic) bond motifs is 1. The molecule has 0 saturated carbocycles. The molecule has 1 atom stereocenters. The van der Waals surface area contributed by atoms with Gasteiger partial charge in [0.05, 0.1) is 4.90 Å². The van der Waals surface area contributed by atoms with Crippen LogP contribution in [0.4, 0.5) is 0 Å². The summed E-state index contributed by atoms with van der Waals surface area (Å²) in [4.78, 5) is 24.9. The highest BCUT2D eigenvalue weighted by molar-refractivity contribution is 7.89. The van der Waals surface area contributed by atoms with Gasteiger partial charge in [0.25, 0.3) is 11.8 Å². The summed E-state index contributed by atoms with van der Waals surface area (Å²) in [5.41, 5.74) is 3.23. The first kappa shape index (κ1) is 25.6. The second kappa shape index (κ2) is 11.5. The van der Waals surface area contributed by atoms with Gasteiger partial charge in [0, 0.05) is 23.2 Å². The summed E-state index contributed by atoms with van der Waals surface area (Å²) in [5, 5.41) is 13.2. The maximum Gasteiger partial charge on any atom is 0.267 e. The van der Waals surface area contributed by atoms with Crippen LogP contribution < -0.4 is 15.5 Å². The number of hydrogen-bond donors (Lipinski definition) is 4. The van der Waals surface area contributed by atoms with E-state index in [0.717, 1.165) is 16.3 Å². The molecule has 4 rings (SSSR count). The van der Waals surface area contributed by atoms with Crippen molar-refractivity contribution < 1.29 is 23.2 Å². The summed E-state index contributed by atoms with van der Waals surface area (Å²) in [6.07, 6.45) is 0. The molecule has 0 bridgehead atoms. The Labute approximate surface area is 214 Å². The third-order valence-corrected chi connectivity index (χ3v) is 6.93. The fourth-order valence-corrected chi connectivity index (χ4v) is 4.59. The summed E-state index contributed by atoms with van der Waals surface area (Å²) in [7, 11) is -4.00. The first-order valence-electron chi connectivity index (χ1n) is 11.3. The Bertz CT molecular complexity index is 1590. The Balaban J connectivity index is 1.43. The maximum absolute atomic E-state index is 12.8. The molecular formula is C28H23N3O5S. The van der Waals surface area contributed by atoms with E-state index in [-0.39, 0.29) is 10.5 Å². The van der Waals surface area contributed by atoms with Crippen LogP contribution in [0.2, 0.25) is 0 Å². The number of sulfonamides is 1. The highest BCUT2D eigenvalue weighted by Crippen LogP contribution is 2.18. The van der Waals surface area contributed by atoms with Crippen LogP contribution in [-0.2, 0) is 14.8 Å². The molecular weight excluding hydrogens is 490 g/mol. The molecule has 0 saturated heterocycles. The van der Waals surface area contributed by atoms with Gasteiger partial charge >= 0.3 is 0 Å². The smallest absolute Gasteiger partial charge is 0.267 e. The van der Waals surface area contributed by atoms with E-state index in [1.165, 1.54) is 29.7 Å². The van der Waals surface area contributed by atoms with E-state index in [4.69, 9.17) is 5.21 Å². The van der Waals surface area contributed by atoms with Crippen molar-refractivity contribution in [2.45, 2.75) is 10.9 Å². The monoisotopic (exact) mass is 513 g/mol. The van der Waals surface area contributed by atoms with Crippen LogP contribution in [0.15, 0.2) is 102 Å². The zero-order valence-electron chi connectivity index (χ0n) is 19.5.